The molecule has 4 amide bonds. The number of imide groups is 2. The van der Waals surface area contributed by atoms with Crippen molar-refractivity contribution < 1.29 is 28.0 Å². The van der Waals surface area contributed by atoms with Gasteiger partial charge in [-0.05, 0) is 73.9 Å². The van der Waals surface area contributed by atoms with E-state index < -0.39 is 0 Å². The van der Waals surface area contributed by atoms with Crippen LogP contribution in [0.15, 0.2) is 57.8 Å². The molecule has 384 valence electrons. The van der Waals surface area contributed by atoms with Gasteiger partial charge in [0, 0.05) is 46.1 Å². The van der Waals surface area contributed by atoms with Crippen LogP contribution in [0.5, 0.6) is 0 Å². The Kier molecular flexibility index (Phi) is 23.3. The Balaban J connectivity index is 1.34. The van der Waals surface area contributed by atoms with Crippen LogP contribution in [0, 0.1) is 11.8 Å². The van der Waals surface area contributed by atoms with Crippen molar-refractivity contribution in [3.63, 3.8) is 0 Å². The zero-order chi connectivity index (χ0) is 49.5. The molecular formula is C62H90N2O6. The second kappa shape index (κ2) is 29.8. The summed E-state index contributed by atoms with van der Waals surface area (Å²) < 4.78 is 12.1. The lowest BCUT2D eigenvalue weighted by Gasteiger charge is -2.36. The first-order valence-electron chi connectivity index (χ1n) is 28.8. The van der Waals surface area contributed by atoms with E-state index in [0.29, 0.717) is 68.8 Å². The van der Waals surface area contributed by atoms with Crippen LogP contribution in [-0.2, 0) is 0 Å². The lowest BCUT2D eigenvalue weighted by atomic mass is 9.80. The fourth-order valence-electron chi connectivity index (χ4n) is 11.5. The molecule has 0 fully saturated rings. The van der Waals surface area contributed by atoms with Crippen LogP contribution in [0.4, 0.5) is 0 Å². The minimum absolute atomic E-state index is 0.164. The summed E-state index contributed by atoms with van der Waals surface area (Å²) in [6, 6.07) is 10.8. The minimum atomic E-state index is -0.386. The number of rotatable bonds is 38. The van der Waals surface area contributed by atoms with E-state index >= 15 is 19.2 Å². The van der Waals surface area contributed by atoms with Crippen molar-refractivity contribution in [1.82, 2.24) is 9.80 Å². The monoisotopic (exact) mass is 959 g/mol. The number of amides is 4. The van der Waals surface area contributed by atoms with Gasteiger partial charge in [-0.25, -0.2) is 0 Å². The Bertz CT molecular complexity index is 2050. The maximum absolute atomic E-state index is 15.3. The highest BCUT2D eigenvalue weighted by atomic mass is 16.3. The predicted octanol–water partition coefficient (Wildman–Crippen LogP) is 18.3. The Hall–Kier alpha value is -4.46. The van der Waals surface area contributed by atoms with Gasteiger partial charge in [-0.15, -0.1) is 0 Å². The molecule has 2 aliphatic rings. The van der Waals surface area contributed by atoms with Gasteiger partial charge in [0.25, 0.3) is 23.6 Å². The van der Waals surface area contributed by atoms with Gasteiger partial charge >= 0.3 is 0 Å². The number of carbonyl (C=O) groups excluding carboxylic acids is 4. The number of furan rings is 2. The number of unbranched alkanes of at least 4 members (excludes halogenated alkanes) is 24. The number of benzene rings is 2. The molecule has 0 spiro atoms. The maximum atomic E-state index is 15.3. The normalized spacial score (nSPS) is 14.5. The third-order valence-corrected chi connectivity index (χ3v) is 15.6. The third kappa shape index (κ3) is 14.8. The van der Waals surface area contributed by atoms with E-state index in [1.807, 2.05) is 12.1 Å². The number of nitrogens with zero attached hydrogens (tertiary/aromatic N) is 2. The van der Waals surface area contributed by atoms with E-state index in [2.05, 4.69) is 27.7 Å². The SMILES string of the molecule is CCCCCCCCCCC(CCCCCCCC)CN1C(=O)c2cc(-c3ccco3)c3c4c(cc(-c5ccco5)c(c24)C1=O)C(=O)N(CC(CCCCCCCC)CCCCCCCCCC)C3=O. The van der Waals surface area contributed by atoms with Crippen LogP contribution >= 0.6 is 0 Å². The zero-order valence-corrected chi connectivity index (χ0v) is 44.2. The number of carbonyl (C=O) groups is 4. The second-order valence-electron chi connectivity index (χ2n) is 21.2. The van der Waals surface area contributed by atoms with Crippen molar-refractivity contribution in [2.75, 3.05) is 13.1 Å². The molecule has 0 aliphatic carbocycles. The van der Waals surface area contributed by atoms with Crippen molar-refractivity contribution in [2.24, 2.45) is 11.8 Å². The van der Waals surface area contributed by atoms with Crippen molar-refractivity contribution >= 4 is 34.4 Å². The smallest absolute Gasteiger partial charge is 0.262 e. The highest BCUT2D eigenvalue weighted by Crippen LogP contribution is 2.47. The van der Waals surface area contributed by atoms with Gasteiger partial charge < -0.3 is 8.83 Å². The summed E-state index contributed by atoms with van der Waals surface area (Å²) in [5, 5.41) is 0.750. The quantitative estimate of drug-likeness (QED) is 0.0328. The van der Waals surface area contributed by atoms with Gasteiger partial charge in [0.05, 0.1) is 23.7 Å². The summed E-state index contributed by atoms with van der Waals surface area (Å²) in [5.74, 6) is -0.301. The Morgan fingerprint density at radius 1 is 0.371 bits per heavy atom. The lowest BCUT2D eigenvalue weighted by molar-refractivity contribution is 0.0557. The first-order chi connectivity index (χ1) is 34.3. The molecule has 0 N–H and O–H groups in total. The molecule has 6 rings (SSSR count). The number of hydrogen-bond donors (Lipinski definition) is 0. The molecule has 0 saturated carbocycles. The summed E-state index contributed by atoms with van der Waals surface area (Å²) in [6.07, 6.45) is 40.9. The summed E-state index contributed by atoms with van der Waals surface area (Å²) in [6.45, 7) is 9.64. The minimum Gasteiger partial charge on any atom is -0.464 e. The molecule has 2 aromatic heterocycles. The summed E-state index contributed by atoms with van der Waals surface area (Å²) in [4.78, 5) is 63.9. The average molecular weight is 959 g/mol. The molecule has 2 unspecified atom stereocenters. The van der Waals surface area contributed by atoms with Gasteiger partial charge in [-0.2, -0.15) is 0 Å². The van der Waals surface area contributed by atoms with E-state index in [1.165, 1.54) is 138 Å². The molecule has 2 aromatic carbocycles. The zero-order valence-electron chi connectivity index (χ0n) is 44.2. The van der Waals surface area contributed by atoms with E-state index in [0.717, 1.165) is 77.0 Å². The standard InChI is InChI=1S/C62H90N2O6/c1-5-9-13-17-21-23-27-31-37-47(35-29-25-19-15-11-7-3)45-63-59(65)51-43-50(54-40-34-42-70-54)58-56-52(44-49(53-39-33-41-69-53)57(55(51)56)61(63)67)60(66)64(62(58)68)46-48(36-30-26-20-16-12-8-4)38-32-28-24-22-18-14-10-6-2/h33-34,39-44,47-48H,5-32,35-38,45-46H2,1-4H3. The summed E-state index contributed by atoms with van der Waals surface area (Å²) in [7, 11) is 0. The van der Waals surface area contributed by atoms with Crippen LogP contribution in [0.25, 0.3) is 33.4 Å². The molecule has 2 atom stereocenters. The molecule has 0 saturated heterocycles. The Morgan fingerprint density at radius 3 is 0.929 bits per heavy atom. The lowest BCUT2D eigenvalue weighted by Crippen LogP contribution is -2.46. The molecule has 8 heteroatoms. The number of hydrogen-bond acceptors (Lipinski definition) is 6. The van der Waals surface area contributed by atoms with Crippen molar-refractivity contribution in [3.05, 3.63) is 71.2 Å². The molecule has 4 heterocycles. The highest BCUT2D eigenvalue weighted by Gasteiger charge is 2.44. The van der Waals surface area contributed by atoms with Crippen LogP contribution in [0.1, 0.15) is 275 Å². The fraction of sp³-hybridized carbons (Fsp3) is 0.645. The van der Waals surface area contributed by atoms with Crippen molar-refractivity contribution in [3.8, 4) is 22.6 Å². The molecule has 8 nitrogen and oxygen atoms in total. The molecule has 70 heavy (non-hydrogen) atoms. The highest BCUT2D eigenvalue weighted by molar-refractivity contribution is 6.36. The van der Waals surface area contributed by atoms with Gasteiger partial charge in [-0.3, -0.25) is 29.0 Å². The first kappa shape index (κ1) is 54.9. The molecule has 0 radical (unpaired) electrons. The maximum Gasteiger partial charge on any atom is 0.262 e. The van der Waals surface area contributed by atoms with Crippen LogP contribution in [0.3, 0.4) is 0 Å². The second-order valence-corrected chi connectivity index (χ2v) is 21.2. The van der Waals surface area contributed by atoms with Crippen LogP contribution in [-0.4, -0.2) is 46.5 Å². The first-order valence-corrected chi connectivity index (χ1v) is 28.8. The molecule has 4 aromatic rings. The largest absolute Gasteiger partial charge is 0.464 e. The van der Waals surface area contributed by atoms with Crippen molar-refractivity contribution in [2.45, 2.75) is 233 Å². The van der Waals surface area contributed by atoms with Gasteiger partial charge in [-0.1, -0.05) is 207 Å². The Morgan fingerprint density at radius 2 is 0.657 bits per heavy atom. The summed E-state index contributed by atoms with van der Waals surface area (Å²) >= 11 is 0. The molecule has 2 aliphatic heterocycles. The van der Waals surface area contributed by atoms with Gasteiger partial charge in [0.15, 0.2) is 0 Å². The van der Waals surface area contributed by atoms with Gasteiger partial charge in [0.1, 0.15) is 11.5 Å². The van der Waals surface area contributed by atoms with E-state index in [1.54, 1.807) is 36.8 Å². The topological polar surface area (TPSA) is 101 Å². The third-order valence-electron chi connectivity index (χ3n) is 15.6. The fourth-order valence-corrected chi connectivity index (χ4v) is 11.5. The average Bonchev–Trinajstić information content (AvgIpc) is 4.12. The van der Waals surface area contributed by atoms with Crippen LogP contribution < -0.4 is 0 Å². The van der Waals surface area contributed by atoms with E-state index in [-0.39, 0.29) is 35.5 Å². The Labute approximate surface area is 422 Å². The predicted molar refractivity (Wildman–Crippen MR) is 288 cm³/mol. The van der Waals surface area contributed by atoms with Crippen LogP contribution in [0.2, 0.25) is 0 Å². The summed E-state index contributed by atoms with van der Waals surface area (Å²) in [5.41, 5.74) is 2.26. The molecule has 0 bridgehead atoms. The van der Waals surface area contributed by atoms with E-state index in [9.17, 15) is 0 Å². The van der Waals surface area contributed by atoms with Gasteiger partial charge in [0.2, 0.25) is 0 Å². The van der Waals surface area contributed by atoms with E-state index in [4.69, 9.17) is 8.83 Å². The molecular weight excluding hydrogens is 869 g/mol. The van der Waals surface area contributed by atoms with Crippen molar-refractivity contribution in [1.29, 1.82) is 0 Å².